The molecule has 13 heavy (non-hydrogen) atoms. The summed E-state index contributed by atoms with van der Waals surface area (Å²) in [5.41, 5.74) is 6.98. The molecule has 4 nitrogen and oxygen atoms in total. The van der Waals surface area contributed by atoms with Crippen molar-refractivity contribution < 1.29 is 0 Å². The van der Waals surface area contributed by atoms with Crippen LogP contribution in [0.5, 0.6) is 0 Å². The third-order valence-corrected chi connectivity index (χ3v) is 2.16. The molecule has 0 aliphatic carbocycles. The molecule has 5 N–H and O–H groups in total. The third-order valence-electron chi connectivity index (χ3n) is 2.16. The van der Waals surface area contributed by atoms with Gasteiger partial charge in [-0.3, -0.25) is 10.7 Å². The zero-order valence-corrected chi connectivity index (χ0v) is 7.14. The maximum atomic E-state index is 6.05. The largest absolute Gasteiger partial charge is 0.350 e. The summed E-state index contributed by atoms with van der Waals surface area (Å²) >= 11 is 0. The van der Waals surface area contributed by atoms with Crippen molar-refractivity contribution in [3.63, 3.8) is 0 Å². The van der Waals surface area contributed by atoms with E-state index in [1.807, 2.05) is 30.3 Å². The van der Waals surface area contributed by atoms with Crippen LogP contribution in [0.4, 0.5) is 0 Å². The van der Waals surface area contributed by atoms with Crippen molar-refractivity contribution in [3.05, 3.63) is 48.3 Å². The molecule has 0 bridgehead atoms. The second-order valence-corrected chi connectivity index (χ2v) is 3.00. The molecule has 0 spiro atoms. The van der Waals surface area contributed by atoms with Gasteiger partial charge in [-0.1, -0.05) is 30.3 Å². The highest BCUT2D eigenvalue weighted by Gasteiger charge is 2.33. The Balaban J connectivity index is 2.36. The SMILES string of the molecule is NN1C=CNC1(N)c1ccccc1. The second kappa shape index (κ2) is 2.76. The Morgan fingerprint density at radius 1 is 1.23 bits per heavy atom. The predicted octanol–water partition coefficient (Wildman–Crippen LogP) is 0.00570. The molecule has 0 saturated carbocycles. The van der Waals surface area contributed by atoms with E-state index in [1.165, 1.54) is 5.01 Å². The van der Waals surface area contributed by atoms with Crippen molar-refractivity contribution in [3.8, 4) is 0 Å². The van der Waals surface area contributed by atoms with Crippen LogP contribution in [0.2, 0.25) is 0 Å². The molecule has 0 saturated heterocycles. The average Bonchev–Trinajstić information content (AvgIpc) is 2.50. The van der Waals surface area contributed by atoms with Gasteiger partial charge >= 0.3 is 0 Å². The topological polar surface area (TPSA) is 67.3 Å². The predicted molar refractivity (Wildman–Crippen MR) is 50.6 cm³/mol. The highest BCUT2D eigenvalue weighted by molar-refractivity contribution is 5.25. The van der Waals surface area contributed by atoms with E-state index in [2.05, 4.69) is 5.32 Å². The fourth-order valence-corrected chi connectivity index (χ4v) is 1.36. The molecule has 2 rings (SSSR count). The minimum Gasteiger partial charge on any atom is -0.350 e. The maximum absolute atomic E-state index is 6.05. The highest BCUT2D eigenvalue weighted by atomic mass is 15.6. The summed E-state index contributed by atoms with van der Waals surface area (Å²) in [5.74, 6) is 4.90. The van der Waals surface area contributed by atoms with Gasteiger partial charge in [-0.25, -0.2) is 5.84 Å². The van der Waals surface area contributed by atoms with Gasteiger partial charge in [-0.2, -0.15) is 0 Å². The van der Waals surface area contributed by atoms with Crippen molar-refractivity contribution in [2.45, 2.75) is 5.79 Å². The first kappa shape index (κ1) is 8.10. The lowest BCUT2D eigenvalue weighted by molar-refractivity contribution is 0.151. The van der Waals surface area contributed by atoms with E-state index in [0.29, 0.717) is 0 Å². The minimum atomic E-state index is -0.804. The molecule has 1 aliphatic heterocycles. The average molecular weight is 176 g/mol. The molecule has 1 aromatic carbocycles. The van der Waals surface area contributed by atoms with Crippen molar-refractivity contribution in [1.82, 2.24) is 10.3 Å². The summed E-state index contributed by atoms with van der Waals surface area (Å²) < 4.78 is 0. The number of benzene rings is 1. The Bertz CT molecular complexity index is 322. The molecule has 0 radical (unpaired) electrons. The van der Waals surface area contributed by atoms with E-state index in [1.54, 1.807) is 12.4 Å². The van der Waals surface area contributed by atoms with Gasteiger partial charge in [-0.15, -0.1) is 0 Å². The maximum Gasteiger partial charge on any atom is 0.204 e. The molecule has 0 fully saturated rings. The number of hydrazine groups is 1. The van der Waals surface area contributed by atoms with Gasteiger partial charge in [0.05, 0.1) is 0 Å². The molecular formula is C9H12N4. The van der Waals surface area contributed by atoms with E-state index in [4.69, 9.17) is 11.6 Å². The van der Waals surface area contributed by atoms with Crippen molar-refractivity contribution in [1.29, 1.82) is 0 Å². The van der Waals surface area contributed by atoms with Gasteiger partial charge in [-0.05, 0) is 0 Å². The number of nitrogens with two attached hydrogens (primary N) is 2. The molecule has 1 atom stereocenters. The minimum absolute atomic E-state index is 0.804. The summed E-state index contributed by atoms with van der Waals surface area (Å²) in [6.07, 6.45) is 3.43. The van der Waals surface area contributed by atoms with Gasteiger partial charge in [0.2, 0.25) is 5.79 Å². The summed E-state index contributed by atoms with van der Waals surface area (Å²) in [5, 5.41) is 4.44. The number of hydrogen-bond donors (Lipinski definition) is 3. The lowest BCUT2D eigenvalue weighted by Gasteiger charge is -2.32. The van der Waals surface area contributed by atoms with Gasteiger partial charge in [0.1, 0.15) is 0 Å². The van der Waals surface area contributed by atoms with E-state index in [0.717, 1.165) is 5.56 Å². The van der Waals surface area contributed by atoms with Gasteiger partial charge in [0.15, 0.2) is 0 Å². The molecule has 0 aromatic heterocycles. The molecule has 1 aromatic rings. The van der Waals surface area contributed by atoms with E-state index in [9.17, 15) is 0 Å². The molecule has 1 unspecified atom stereocenters. The zero-order chi connectivity index (χ0) is 9.31. The molecule has 4 heteroatoms. The summed E-state index contributed by atoms with van der Waals surface area (Å²) in [4.78, 5) is 0. The van der Waals surface area contributed by atoms with Crippen LogP contribution < -0.4 is 16.9 Å². The van der Waals surface area contributed by atoms with Crippen LogP contribution in [0.1, 0.15) is 5.56 Å². The first-order valence-corrected chi connectivity index (χ1v) is 4.06. The van der Waals surface area contributed by atoms with Gasteiger partial charge < -0.3 is 5.32 Å². The van der Waals surface area contributed by atoms with Crippen LogP contribution in [-0.2, 0) is 5.79 Å². The van der Waals surface area contributed by atoms with Crippen molar-refractivity contribution in [2.24, 2.45) is 11.6 Å². The first-order valence-electron chi connectivity index (χ1n) is 4.06. The molecule has 0 amide bonds. The van der Waals surface area contributed by atoms with E-state index >= 15 is 0 Å². The zero-order valence-electron chi connectivity index (χ0n) is 7.14. The number of nitrogens with zero attached hydrogens (tertiary/aromatic N) is 1. The fraction of sp³-hybridized carbons (Fsp3) is 0.111. The van der Waals surface area contributed by atoms with Crippen molar-refractivity contribution >= 4 is 0 Å². The lowest BCUT2D eigenvalue weighted by Crippen LogP contribution is -2.58. The first-order chi connectivity index (χ1) is 6.23. The number of hydrogen-bond acceptors (Lipinski definition) is 4. The Kier molecular flexibility index (Phi) is 1.72. The van der Waals surface area contributed by atoms with Crippen molar-refractivity contribution in [2.75, 3.05) is 0 Å². The smallest absolute Gasteiger partial charge is 0.204 e. The number of nitrogens with one attached hydrogen (secondary N) is 1. The van der Waals surface area contributed by atoms with E-state index < -0.39 is 5.79 Å². The summed E-state index contributed by atoms with van der Waals surface area (Å²) in [7, 11) is 0. The van der Waals surface area contributed by atoms with Crippen LogP contribution in [0.3, 0.4) is 0 Å². The Hall–Kier alpha value is -1.52. The van der Waals surface area contributed by atoms with Crippen LogP contribution in [0.15, 0.2) is 42.7 Å². The summed E-state index contributed by atoms with van der Waals surface area (Å²) in [6, 6.07) is 9.66. The molecule has 1 heterocycles. The monoisotopic (exact) mass is 176 g/mol. The molecular weight excluding hydrogens is 164 g/mol. The molecule has 68 valence electrons. The van der Waals surface area contributed by atoms with Crippen LogP contribution in [-0.4, -0.2) is 5.01 Å². The quantitative estimate of drug-likeness (QED) is 0.527. The second-order valence-electron chi connectivity index (χ2n) is 3.00. The van der Waals surface area contributed by atoms with Gasteiger partial charge in [0.25, 0.3) is 0 Å². The van der Waals surface area contributed by atoms with Crippen LogP contribution in [0.25, 0.3) is 0 Å². The standard InChI is InChI=1S/C9H12N4/c10-9(12-6-7-13(9)11)8-4-2-1-3-5-8/h1-7,12H,10-11H2. The normalized spacial score (nSPS) is 26.2. The van der Waals surface area contributed by atoms with Gasteiger partial charge in [0, 0.05) is 18.0 Å². The third kappa shape index (κ3) is 1.16. The van der Waals surface area contributed by atoms with Crippen LogP contribution in [0, 0.1) is 0 Å². The Labute approximate surface area is 76.8 Å². The van der Waals surface area contributed by atoms with E-state index in [-0.39, 0.29) is 0 Å². The fourth-order valence-electron chi connectivity index (χ4n) is 1.36. The Morgan fingerprint density at radius 3 is 2.46 bits per heavy atom. The summed E-state index contributed by atoms with van der Waals surface area (Å²) in [6.45, 7) is 0. The lowest BCUT2D eigenvalue weighted by atomic mass is 10.1. The molecule has 1 aliphatic rings. The number of rotatable bonds is 1. The highest BCUT2D eigenvalue weighted by Crippen LogP contribution is 2.20. The van der Waals surface area contributed by atoms with Crippen LogP contribution >= 0.6 is 0 Å². The Morgan fingerprint density at radius 2 is 1.92 bits per heavy atom.